The molecule has 0 unspecified atom stereocenters. The van der Waals surface area contributed by atoms with Crippen LogP contribution >= 0.6 is 0 Å². The number of nitrogens with one attached hydrogen (secondary N) is 1. The summed E-state index contributed by atoms with van der Waals surface area (Å²) in [5.74, 6) is -0.441. The van der Waals surface area contributed by atoms with Gasteiger partial charge in [0.2, 0.25) is 5.91 Å². The Morgan fingerprint density at radius 2 is 1.96 bits per heavy atom. The highest BCUT2D eigenvalue weighted by atomic mass is 19.3. The highest BCUT2D eigenvalue weighted by Crippen LogP contribution is 2.27. The van der Waals surface area contributed by atoms with E-state index in [0.717, 1.165) is 24.8 Å². The molecule has 0 bridgehead atoms. The molecule has 24 heavy (non-hydrogen) atoms. The normalized spacial score (nSPS) is 16.7. The first-order valence-corrected chi connectivity index (χ1v) is 8.22. The van der Waals surface area contributed by atoms with E-state index in [1.807, 2.05) is 24.3 Å². The second-order valence-electron chi connectivity index (χ2n) is 6.27. The Kier molecular flexibility index (Phi) is 4.97. The van der Waals surface area contributed by atoms with Gasteiger partial charge in [0, 0.05) is 19.1 Å². The molecular weight excluding hydrogens is 316 g/mol. The lowest BCUT2D eigenvalue weighted by Crippen LogP contribution is -2.48. The van der Waals surface area contributed by atoms with E-state index in [2.05, 4.69) is 5.32 Å². The lowest BCUT2D eigenvalue weighted by molar-refractivity contribution is -0.132. The van der Waals surface area contributed by atoms with Gasteiger partial charge in [0.05, 0.1) is 13.1 Å². The Balaban J connectivity index is 1.51. The van der Waals surface area contributed by atoms with E-state index in [9.17, 15) is 18.4 Å². The predicted molar refractivity (Wildman–Crippen MR) is 84.7 cm³/mol. The third-order valence-corrected chi connectivity index (χ3v) is 4.45. The van der Waals surface area contributed by atoms with Gasteiger partial charge in [0.15, 0.2) is 0 Å². The fourth-order valence-corrected chi connectivity index (χ4v) is 3.02. The minimum atomic E-state index is -2.55. The number of hydrogen-bond acceptors (Lipinski definition) is 2. The van der Waals surface area contributed by atoms with Gasteiger partial charge in [-0.05, 0) is 30.4 Å². The zero-order valence-electron chi connectivity index (χ0n) is 13.4. The average molecular weight is 337 g/mol. The Morgan fingerprint density at radius 3 is 2.62 bits per heavy atom. The van der Waals surface area contributed by atoms with E-state index in [-0.39, 0.29) is 18.6 Å². The largest absolute Gasteiger partial charge is 0.332 e. The van der Waals surface area contributed by atoms with Gasteiger partial charge in [0.25, 0.3) is 6.43 Å². The molecule has 1 saturated carbocycles. The summed E-state index contributed by atoms with van der Waals surface area (Å²) in [4.78, 5) is 27.2. The maximum Gasteiger partial charge on any atom is 0.318 e. The van der Waals surface area contributed by atoms with Crippen molar-refractivity contribution in [3.63, 3.8) is 0 Å². The number of benzene rings is 1. The number of halogens is 2. The van der Waals surface area contributed by atoms with Crippen molar-refractivity contribution in [3.05, 3.63) is 35.4 Å². The van der Waals surface area contributed by atoms with Crippen LogP contribution in [0.1, 0.15) is 24.0 Å². The molecule has 3 amide bonds. The van der Waals surface area contributed by atoms with Gasteiger partial charge in [-0.2, -0.15) is 0 Å². The number of amides is 3. The summed E-state index contributed by atoms with van der Waals surface area (Å²) < 4.78 is 25.1. The van der Waals surface area contributed by atoms with E-state index < -0.39 is 18.9 Å². The highest BCUT2D eigenvalue weighted by Gasteiger charge is 2.34. The molecule has 1 aliphatic carbocycles. The Morgan fingerprint density at radius 1 is 1.25 bits per heavy atom. The molecule has 0 spiro atoms. The van der Waals surface area contributed by atoms with Crippen LogP contribution in [0.3, 0.4) is 0 Å². The summed E-state index contributed by atoms with van der Waals surface area (Å²) in [7, 11) is 0. The number of fused-ring (bicyclic) bond motifs is 1. The molecule has 1 aromatic carbocycles. The van der Waals surface area contributed by atoms with Crippen LogP contribution < -0.4 is 5.32 Å². The molecule has 0 radical (unpaired) electrons. The quantitative estimate of drug-likeness (QED) is 0.894. The molecule has 0 aromatic heterocycles. The Labute approximate surface area is 139 Å². The van der Waals surface area contributed by atoms with Gasteiger partial charge in [-0.1, -0.05) is 24.3 Å². The van der Waals surface area contributed by atoms with E-state index in [0.29, 0.717) is 13.1 Å². The number of carbonyl (C=O) groups is 2. The van der Waals surface area contributed by atoms with E-state index >= 15 is 0 Å². The minimum Gasteiger partial charge on any atom is -0.332 e. The van der Waals surface area contributed by atoms with Crippen LogP contribution in [0.4, 0.5) is 13.6 Å². The smallest absolute Gasteiger partial charge is 0.318 e. The van der Waals surface area contributed by atoms with Gasteiger partial charge in [-0.15, -0.1) is 0 Å². The number of rotatable bonds is 5. The van der Waals surface area contributed by atoms with Gasteiger partial charge >= 0.3 is 6.03 Å². The third kappa shape index (κ3) is 4.01. The molecule has 0 saturated heterocycles. The van der Waals surface area contributed by atoms with E-state index in [1.165, 1.54) is 10.5 Å². The monoisotopic (exact) mass is 337 g/mol. The summed E-state index contributed by atoms with van der Waals surface area (Å²) in [5, 5.41) is 2.57. The second-order valence-corrected chi connectivity index (χ2v) is 6.27. The summed E-state index contributed by atoms with van der Waals surface area (Å²) in [6, 6.07) is 7.52. The molecule has 130 valence electrons. The number of alkyl halides is 2. The fraction of sp³-hybridized carbons (Fsp3) is 0.529. The van der Waals surface area contributed by atoms with Crippen LogP contribution in [-0.2, 0) is 17.8 Å². The molecular formula is C17H21F2N3O2. The lowest BCUT2D eigenvalue weighted by atomic mass is 10.0. The zero-order valence-corrected chi connectivity index (χ0v) is 13.4. The maximum atomic E-state index is 12.6. The lowest BCUT2D eigenvalue weighted by Gasteiger charge is -2.29. The predicted octanol–water partition coefficient (Wildman–Crippen LogP) is 2.01. The molecule has 1 heterocycles. The van der Waals surface area contributed by atoms with Crippen molar-refractivity contribution in [2.45, 2.75) is 38.3 Å². The molecule has 1 N–H and O–H groups in total. The Hall–Kier alpha value is -2.18. The van der Waals surface area contributed by atoms with Crippen LogP contribution in [0.25, 0.3) is 0 Å². The first-order valence-electron chi connectivity index (χ1n) is 8.22. The van der Waals surface area contributed by atoms with Crippen LogP contribution in [0.5, 0.6) is 0 Å². The minimum absolute atomic E-state index is 0.0923. The Bertz CT molecular complexity index is 620. The summed E-state index contributed by atoms with van der Waals surface area (Å²) >= 11 is 0. The van der Waals surface area contributed by atoms with Crippen LogP contribution in [0, 0.1) is 0 Å². The van der Waals surface area contributed by atoms with Crippen molar-refractivity contribution in [1.82, 2.24) is 15.1 Å². The zero-order chi connectivity index (χ0) is 17.1. The average Bonchev–Trinajstić information content (AvgIpc) is 3.41. The first-order chi connectivity index (χ1) is 11.5. The second kappa shape index (κ2) is 7.15. The van der Waals surface area contributed by atoms with Gasteiger partial charge in [-0.25, -0.2) is 13.6 Å². The topological polar surface area (TPSA) is 52.7 Å². The SMILES string of the molecule is O=C(NCC(=O)N(CC(F)F)C1CC1)N1CCc2ccccc2C1. The number of nitrogens with zero attached hydrogens (tertiary/aromatic N) is 2. The summed E-state index contributed by atoms with van der Waals surface area (Å²) in [6.07, 6.45) is -0.259. The highest BCUT2D eigenvalue weighted by molar-refractivity contribution is 5.84. The summed E-state index contributed by atoms with van der Waals surface area (Å²) in [5.41, 5.74) is 2.33. The molecule has 1 aromatic rings. The standard InChI is InChI=1S/C17H21F2N3O2/c18-15(19)11-22(14-5-6-14)16(23)9-20-17(24)21-8-7-12-3-1-2-4-13(12)10-21/h1-4,14-15H,5-11H2,(H,20,24). The van der Waals surface area contributed by atoms with Crippen molar-refractivity contribution >= 4 is 11.9 Å². The molecule has 3 rings (SSSR count). The fourth-order valence-electron chi connectivity index (χ4n) is 3.02. The molecule has 1 aliphatic heterocycles. The van der Waals surface area contributed by atoms with Crippen molar-refractivity contribution in [2.75, 3.05) is 19.6 Å². The van der Waals surface area contributed by atoms with Gasteiger partial charge in [0.1, 0.15) is 0 Å². The van der Waals surface area contributed by atoms with Crippen LogP contribution in [0.2, 0.25) is 0 Å². The summed E-state index contributed by atoms with van der Waals surface area (Å²) in [6.45, 7) is 0.288. The van der Waals surface area contributed by atoms with Crippen molar-refractivity contribution in [1.29, 1.82) is 0 Å². The first kappa shape index (κ1) is 16.7. The molecule has 7 heteroatoms. The number of urea groups is 1. The number of carbonyl (C=O) groups excluding carboxylic acids is 2. The molecule has 1 fully saturated rings. The number of hydrogen-bond donors (Lipinski definition) is 1. The molecule has 5 nitrogen and oxygen atoms in total. The van der Waals surface area contributed by atoms with Crippen LogP contribution in [-0.4, -0.2) is 53.8 Å². The van der Waals surface area contributed by atoms with Crippen molar-refractivity contribution in [2.24, 2.45) is 0 Å². The van der Waals surface area contributed by atoms with Gasteiger partial charge in [-0.3, -0.25) is 4.79 Å². The van der Waals surface area contributed by atoms with Crippen LogP contribution in [0.15, 0.2) is 24.3 Å². The maximum absolute atomic E-state index is 12.6. The van der Waals surface area contributed by atoms with E-state index in [4.69, 9.17) is 0 Å². The van der Waals surface area contributed by atoms with Crippen molar-refractivity contribution in [3.8, 4) is 0 Å². The van der Waals surface area contributed by atoms with Crippen molar-refractivity contribution < 1.29 is 18.4 Å². The van der Waals surface area contributed by atoms with Gasteiger partial charge < -0.3 is 15.1 Å². The van der Waals surface area contributed by atoms with E-state index in [1.54, 1.807) is 4.90 Å². The molecule has 2 aliphatic rings. The molecule has 0 atom stereocenters. The third-order valence-electron chi connectivity index (χ3n) is 4.45.